The largest absolute Gasteiger partial charge is 0.465 e. The van der Waals surface area contributed by atoms with Gasteiger partial charge in [-0.2, -0.15) is 0 Å². The Balaban J connectivity index is 1.85. The van der Waals surface area contributed by atoms with E-state index in [4.69, 9.17) is 9.47 Å². The standard InChI is InChI=1S/C22H27N3O4/c1-24-14-11-17(12-15-24)23-16-7-9-18(10-8-16)25-13-5-4-6-19(21(26)28-2)20(25)22(27)29-3/h4-10,13,17,23H,11-12,14-15H2,1-3H3. The second kappa shape index (κ2) is 9.43. The number of allylic oxidation sites excluding steroid dienone is 2. The Bertz CT molecular complexity index is 834. The van der Waals surface area contributed by atoms with E-state index in [0.717, 1.165) is 37.3 Å². The summed E-state index contributed by atoms with van der Waals surface area (Å²) in [5.74, 6) is -1.22. The van der Waals surface area contributed by atoms with Crippen LogP contribution in [0.3, 0.4) is 0 Å². The van der Waals surface area contributed by atoms with Crippen molar-refractivity contribution < 1.29 is 19.1 Å². The molecule has 0 aromatic heterocycles. The van der Waals surface area contributed by atoms with Gasteiger partial charge in [0, 0.05) is 23.6 Å². The second-order valence-corrected chi connectivity index (χ2v) is 7.08. The lowest BCUT2D eigenvalue weighted by molar-refractivity contribution is -0.139. The maximum Gasteiger partial charge on any atom is 0.355 e. The van der Waals surface area contributed by atoms with Gasteiger partial charge < -0.3 is 24.6 Å². The van der Waals surface area contributed by atoms with Crippen LogP contribution in [-0.2, 0) is 19.1 Å². The number of hydrogen-bond donors (Lipinski definition) is 1. The minimum absolute atomic E-state index is 0.111. The Kier molecular flexibility index (Phi) is 6.72. The fourth-order valence-corrected chi connectivity index (χ4v) is 3.47. The monoisotopic (exact) mass is 397 g/mol. The van der Waals surface area contributed by atoms with Gasteiger partial charge in [0.1, 0.15) is 5.70 Å². The number of carbonyl (C=O) groups excluding carboxylic acids is 2. The van der Waals surface area contributed by atoms with Crippen LogP contribution in [0.2, 0.25) is 0 Å². The van der Waals surface area contributed by atoms with Gasteiger partial charge in [-0.1, -0.05) is 6.08 Å². The van der Waals surface area contributed by atoms with Gasteiger partial charge in [-0.15, -0.1) is 0 Å². The van der Waals surface area contributed by atoms with Gasteiger partial charge in [0.2, 0.25) is 0 Å². The summed E-state index contributed by atoms with van der Waals surface area (Å²) in [6, 6.07) is 8.23. The van der Waals surface area contributed by atoms with Crippen LogP contribution in [-0.4, -0.2) is 57.2 Å². The molecule has 1 N–H and O–H groups in total. The highest BCUT2D eigenvalue weighted by Gasteiger charge is 2.27. The molecule has 0 saturated carbocycles. The van der Waals surface area contributed by atoms with E-state index in [1.54, 1.807) is 29.3 Å². The number of ether oxygens (including phenoxy) is 2. The van der Waals surface area contributed by atoms with Gasteiger partial charge in [-0.05, 0) is 69.4 Å². The van der Waals surface area contributed by atoms with Crippen LogP contribution in [0.1, 0.15) is 12.8 Å². The lowest BCUT2D eigenvalue weighted by Crippen LogP contribution is -2.36. The van der Waals surface area contributed by atoms with Crippen LogP contribution >= 0.6 is 0 Å². The molecule has 1 fully saturated rings. The second-order valence-electron chi connectivity index (χ2n) is 7.08. The van der Waals surface area contributed by atoms with Crippen LogP contribution in [0, 0.1) is 0 Å². The van der Waals surface area contributed by atoms with Crippen molar-refractivity contribution in [1.29, 1.82) is 0 Å². The maximum absolute atomic E-state index is 12.5. The number of rotatable bonds is 5. The molecule has 2 aliphatic rings. The molecule has 2 aliphatic heterocycles. The first-order valence-corrected chi connectivity index (χ1v) is 9.63. The molecule has 0 spiro atoms. The fraction of sp³-hybridized carbons (Fsp3) is 0.364. The van der Waals surface area contributed by atoms with Crippen molar-refractivity contribution in [2.24, 2.45) is 0 Å². The van der Waals surface area contributed by atoms with Crippen molar-refractivity contribution in [3.05, 3.63) is 60.0 Å². The van der Waals surface area contributed by atoms with Gasteiger partial charge in [0.05, 0.1) is 19.8 Å². The number of esters is 2. The topological polar surface area (TPSA) is 71.1 Å². The molecule has 1 aromatic rings. The molecule has 29 heavy (non-hydrogen) atoms. The summed E-state index contributed by atoms with van der Waals surface area (Å²) in [6.45, 7) is 2.18. The third-order valence-electron chi connectivity index (χ3n) is 5.12. The first-order chi connectivity index (χ1) is 14.0. The molecule has 1 aromatic carbocycles. The molecule has 1 saturated heterocycles. The maximum atomic E-state index is 12.5. The molecule has 0 radical (unpaired) electrons. The third-order valence-corrected chi connectivity index (χ3v) is 5.12. The number of benzene rings is 1. The molecule has 154 valence electrons. The Morgan fingerprint density at radius 2 is 1.66 bits per heavy atom. The summed E-state index contributed by atoms with van der Waals surface area (Å²) in [5, 5.41) is 3.57. The van der Waals surface area contributed by atoms with E-state index in [0.29, 0.717) is 6.04 Å². The van der Waals surface area contributed by atoms with Crippen LogP contribution in [0.4, 0.5) is 11.4 Å². The smallest absolute Gasteiger partial charge is 0.355 e. The van der Waals surface area contributed by atoms with Crippen molar-refractivity contribution in [2.45, 2.75) is 18.9 Å². The average Bonchev–Trinajstić information content (AvgIpc) is 2.98. The van der Waals surface area contributed by atoms with E-state index >= 15 is 0 Å². The van der Waals surface area contributed by atoms with Gasteiger partial charge in [0.25, 0.3) is 0 Å². The summed E-state index contributed by atoms with van der Waals surface area (Å²) >= 11 is 0. The Labute approximate surface area is 171 Å². The molecule has 0 aliphatic carbocycles. The zero-order chi connectivity index (χ0) is 20.8. The van der Waals surface area contributed by atoms with Crippen molar-refractivity contribution in [1.82, 2.24) is 4.90 Å². The Hall–Kier alpha value is -3.06. The normalized spacial score (nSPS) is 17.8. The fourth-order valence-electron chi connectivity index (χ4n) is 3.47. The van der Waals surface area contributed by atoms with Gasteiger partial charge >= 0.3 is 11.9 Å². The molecule has 7 nitrogen and oxygen atoms in total. The summed E-state index contributed by atoms with van der Waals surface area (Å²) in [7, 11) is 4.71. The molecular formula is C22H27N3O4. The van der Waals surface area contributed by atoms with E-state index in [1.807, 2.05) is 24.3 Å². The number of hydrogen-bond acceptors (Lipinski definition) is 7. The van der Waals surface area contributed by atoms with Gasteiger partial charge in [-0.25, -0.2) is 9.59 Å². The number of piperidine rings is 1. The number of likely N-dealkylation sites (tertiary alicyclic amines) is 1. The van der Waals surface area contributed by atoms with E-state index < -0.39 is 11.9 Å². The molecule has 0 bridgehead atoms. The zero-order valence-electron chi connectivity index (χ0n) is 17.1. The highest BCUT2D eigenvalue weighted by atomic mass is 16.5. The van der Waals surface area contributed by atoms with Crippen LogP contribution in [0.15, 0.2) is 60.0 Å². The third kappa shape index (κ3) is 4.86. The van der Waals surface area contributed by atoms with E-state index in [9.17, 15) is 9.59 Å². The summed E-state index contributed by atoms with van der Waals surface area (Å²) in [6.07, 6.45) is 8.92. The number of nitrogens with zero attached hydrogens (tertiary/aromatic N) is 2. The number of carbonyl (C=O) groups is 2. The minimum atomic E-state index is -0.616. The van der Waals surface area contributed by atoms with Gasteiger partial charge in [-0.3, -0.25) is 0 Å². The quantitative estimate of drug-likeness (QED) is 0.766. The zero-order valence-corrected chi connectivity index (χ0v) is 17.1. The lowest BCUT2D eigenvalue weighted by Gasteiger charge is -2.30. The molecule has 0 atom stereocenters. The summed E-state index contributed by atoms with van der Waals surface area (Å²) in [4.78, 5) is 28.7. The Morgan fingerprint density at radius 3 is 2.28 bits per heavy atom. The van der Waals surface area contributed by atoms with Crippen LogP contribution in [0.25, 0.3) is 0 Å². The minimum Gasteiger partial charge on any atom is -0.465 e. The first-order valence-electron chi connectivity index (χ1n) is 9.63. The van der Waals surface area contributed by atoms with E-state index in [-0.39, 0.29) is 11.3 Å². The lowest BCUT2D eigenvalue weighted by atomic mass is 10.1. The molecule has 2 heterocycles. The van der Waals surface area contributed by atoms with E-state index in [2.05, 4.69) is 17.3 Å². The van der Waals surface area contributed by atoms with Crippen molar-refractivity contribution in [3.63, 3.8) is 0 Å². The van der Waals surface area contributed by atoms with Gasteiger partial charge in [0.15, 0.2) is 0 Å². The summed E-state index contributed by atoms with van der Waals surface area (Å²) in [5.41, 5.74) is 2.01. The predicted molar refractivity (Wildman–Crippen MR) is 112 cm³/mol. The average molecular weight is 397 g/mol. The highest BCUT2D eigenvalue weighted by Crippen LogP contribution is 2.28. The van der Waals surface area contributed by atoms with Crippen LogP contribution in [0.5, 0.6) is 0 Å². The Morgan fingerprint density at radius 1 is 1.00 bits per heavy atom. The number of anilines is 2. The molecule has 0 unspecified atom stereocenters. The molecule has 3 rings (SSSR count). The van der Waals surface area contributed by atoms with Crippen molar-refractivity contribution in [3.8, 4) is 0 Å². The molecule has 0 amide bonds. The van der Waals surface area contributed by atoms with Crippen molar-refractivity contribution >= 4 is 23.3 Å². The first kappa shape index (κ1) is 20.7. The predicted octanol–water partition coefficient (Wildman–Crippen LogP) is 2.68. The summed E-state index contributed by atoms with van der Waals surface area (Å²) < 4.78 is 9.77. The number of methoxy groups -OCH3 is 2. The van der Waals surface area contributed by atoms with Crippen molar-refractivity contribution in [2.75, 3.05) is 44.6 Å². The van der Waals surface area contributed by atoms with Crippen LogP contribution < -0.4 is 10.2 Å². The highest BCUT2D eigenvalue weighted by molar-refractivity contribution is 6.05. The SMILES string of the molecule is COC(=O)C1=C(C(=O)OC)N(c2ccc(NC3CCN(C)CC3)cc2)C=CC=C1. The molecular weight excluding hydrogens is 370 g/mol. The molecule has 7 heteroatoms. The number of nitrogens with one attached hydrogen (secondary N) is 1. The van der Waals surface area contributed by atoms with E-state index in [1.165, 1.54) is 14.2 Å².